The number of aliphatic hydroxyl groups excluding tert-OH is 1. The minimum Gasteiger partial charge on any atom is -0.493 e. The van der Waals surface area contributed by atoms with E-state index in [4.69, 9.17) is 9.84 Å². The first-order chi connectivity index (χ1) is 8.35. The summed E-state index contributed by atoms with van der Waals surface area (Å²) in [7, 11) is 1.68. The average molecular weight is 236 g/mol. The Labute approximate surface area is 102 Å². The second-order valence-corrected chi connectivity index (χ2v) is 4.50. The number of hydrogen-bond donors (Lipinski definition) is 1. The lowest BCUT2D eigenvalue weighted by Gasteiger charge is -2.33. The number of pyridine rings is 1. The highest BCUT2D eigenvalue weighted by atomic mass is 16.5. The molecule has 0 aliphatic carbocycles. The molecule has 2 heterocycles. The third-order valence-corrected chi connectivity index (χ3v) is 3.33. The molecule has 1 fully saturated rings. The Morgan fingerprint density at radius 3 is 3.24 bits per heavy atom. The lowest BCUT2D eigenvalue weighted by molar-refractivity contribution is 0.244. The van der Waals surface area contributed by atoms with E-state index in [1.807, 2.05) is 12.1 Å². The number of aliphatic hydroxyl groups is 1. The topological polar surface area (TPSA) is 45.6 Å². The van der Waals surface area contributed by atoms with Crippen LogP contribution in [0.5, 0.6) is 5.75 Å². The molecule has 1 aromatic heterocycles. The molecule has 0 aromatic carbocycles. The zero-order chi connectivity index (χ0) is 12.1. The normalized spacial score (nSPS) is 20.4. The first-order valence-electron chi connectivity index (χ1n) is 6.20. The first-order valence-corrected chi connectivity index (χ1v) is 6.20. The highest BCUT2D eigenvalue weighted by Crippen LogP contribution is 2.29. The summed E-state index contributed by atoms with van der Waals surface area (Å²) in [6.07, 6.45) is 5.04. The van der Waals surface area contributed by atoms with Gasteiger partial charge in [-0.3, -0.25) is 0 Å². The summed E-state index contributed by atoms with van der Waals surface area (Å²) in [5, 5.41) is 9.02. The van der Waals surface area contributed by atoms with E-state index in [1.165, 1.54) is 6.42 Å². The molecule has 1 atom stereocenters. The van der Waals surface area contributed by atoms with Crippen molar-refractivity contribution >= 4 is 5.82 Å². The number of rotatable bonds is 4. The summed E-state index contributed by atoms with van der Waals surface area (Å²) in [6, 6.07) is 3.83. The van der Waals surface area contributed by atoms with Crippen molar-refractivity contribution in [3.63, 3.8) is 0 Å². The van der Waals surface area contributed by atoms with Crippen molar-refractivity contribution in [1.29, 1.82) is 0 Å². The van der Waals surface area contributed by atoms with Gasteiger partial charge in [0.1, 0.15) is 0 Å². The fraction of sp³-hybridized carbons (Fsp3) is 0.615. The van der Waals surface area contributed by atoms with Gasteiger partial charge in [0, 0.05) is 25.9 Å². The van der Waals surface area contributed by atoms with Crippen LogP contribution >= 0.6 is 0 Å². The molecule has 1 unspecified atom stereocenters. The number of piperidine rings is 1. The largest absolute Gasteiger partial charge is 0.493 e. The monoisotopic (exact) mass is 236 g/mol. The maximum Gasteiger partial charge on any atom is 0.171 e. The Morgan fingerprint density at radius 2 is 2.47 bits per heavy atom. The van der Waals surface area contributed by atoms with Crippen LogP contribution in [0.15, 0.2) is 18.3 Å². The van der Waals surface area contributed by atoms with E-state index in [9.17, 15) is 0 Å². The Hall–Kier alpha value is -1.29. The van der Waals surface area contributed by atoms with Gasteiger partial charge in [-0.05, 0) is 37.3 Å². The quantitative estimate of drug-likeness (QED) is 0.864. The Balaban J connectivity index is 2.10. The molecule has 4 nitrogen and oxygen atoms in total. The summed E-state index contributed by atoms with van der Waals surface area (Å²) >= 11 is 0. The second-order valence-electron chi connectivity index (χ2n) is 4.50. The standard InChI is InChI=1S/C13H20N2O2/c1-17-12-5-2-7-14-13(12)15-8-3-4-11(10-15)6-9-16/h2,5,7,11,16H,3-4,6,8-10H2,1H3. The van der Waals surface area contributed by atoms with Gasteiger partial charge < -0.3 is 14.7 Å². The summed E-state index contributed by atoms with van der Waals surface area (Å²) < 4.78 is 5.34. The third-order valence-electron chi connectivity index (χ3n) is 3.33. The fourth-order valence-electron chi connectivity index (χ4n) is 2.45. The molecule has 4 heteroatoms. The van der Waals surface area contributed by atoms with Crippen molar-refractivity contribution in [3.05, 3.63) is 18.3 Å². The van der Waals surface area contributed by atoms with Crippen LogP contribution in [0, 0.1) is 5.92 Å². The predicted molar refractivity (Wildman–Crippen MR) is 67.4 cm³/mol. The number of nitrogens with zero attached hydrogens (tertiary/aromatic N) is 2. The molecule has 1 N–H and O–H groups in total. The fourth-order valence-corrected chi connectivity index (χ4v) is 2.45. The van der Waals surface area contributed by atoms with Crippen LogP contribution in [0.1, 0.15) is 19.3 Å². The van der Waals surface area contributed by atoms with Crippen LogP contribution in [0.3, 0.4) is 0 Å². The summed E-state index contributed by atoms with van der Waals surface area (Å²) in [6.45, 7) is 2.26. The predicted octanol–water partition coefficient (Wildman–Crippen LogP) is 1.69. The van der Waals surface area contributed by atoms with Crippen LogP contribution in [-0.4, -0.2) is 36.9 Å². The molecule has 1 aromatic rings. The van der Waals surface area contributed by atoms with E-state index in [-0.39, 0.29) is 6.61 Å². The van der Waals surface area contributed by atoms with Crippen molar-refractivity contribution < 1.29 is 9.84 Å². The minimum atomic E-state index is 0.276. The van der Waals surface area contributed by atoms with Crippen LogP contribution in [0.2, 0.25) is 0 Å². The van der Waals surface area contributed by atoms with Crippen molar-refractivity contribution in [3.8, 4) is 5.75 Å². The third kappa shape index (κ3) is 2.88. The van der Waals surface area contributed by atoms with Gasteiger partial charge in [0.15, 0.2) is 11.6 Å². The van der Waals surface area contributed by atoms with Gasteiger partial charge in [0.2, 0.25) is 0 Å². The van der Waals surface area contributed by atoms with Gasteiger partial charge in [-0.25, -0.2) is 4.98 Å². The van der Waals surface area contributed by atoms with E-state index < -0.39 is 0 Å². The van der Waals surface area contributed by atoms with Crippen molar-refractivity contribution in [2.45, 2.75) is 19.3 Å². The smallest absolute Gasteiger partial charge is 0.171 e. The van der Waals surface area contributed by atoms with E-state index in [2.05, 4.69) is 9.88 Å². The van der Waals surface area contributed by atoms with E-state index in [0.29, 0.717) is 5.92 Å². The van der Waals surface area contributed by atoms with Crippen molar-refractivity contribution in [1.82, 2.24) is 4.98 Å². The maximum absolute atomic E-state index is 9.02. The van der Waals surface area contributed by atoms with Crippen molar-refractivity contribution in [2.24, 2.45) is 5.92 Å². The van der Waals surface area contributed by atoms with Crippen LogP contribution in [0.4, 0.5) is 5.82 Å². The van der Waals surface area contributed by atoms with Gasteiger partial charge in [-0.1, -0.05) is 0 Å². The molecule has 1 aliphatic heterocycles. The Kier molecular flexibility index (Phi) is 4.20. The lowest BCUT2D eigenvalue weighted by Crippen LogP contribution is -2.36. The van der Waals surface area contributed by atoms with Gasteiger partial charge >= 0.3 is 0 Å². The molecule has 2 rings (SSSR count). The van der Waals surface area contributed by atoms with Crippen LogP contribution in [-0.2, 0) is 0 Å². The number of hydrogen-bond acceptors (Lipinski definition) is 4. The van der Waals surface area contributed by atoms with E-state index >= 15 is 0 Å². The number of anilines is 1. The first kappa shape index (κ1) is 12.2. The Bertz CT molecular complexity index is 355. The van der Waals surface area contributed by atoms with Crippen LogP contribution in [0.25, 0.3) is 0 Å². The van der Waals surface area contributed by atoms with Crippen molar-refractivity contribution in [2.75, 3.05) is 31.7 Å². The SMILES string of the molecule is COc1cccnc1N1CCCC(CCO)C1. The highest BCUT2D eigenvalue weighted by molar-refractivity contribution is 5.52. The maximum atomic E-state index is 9.02. The molecular weight excluding hydrogens is 216 g/mol. The van der Waals surface area contributed by atoms with E-state index in [1.54, 1.807) is 13.3 Å². The zero-order valence-electron chi connectivity index (χ0n) is 10.3. The molecule has 1 saturated heterocycles. The molecule has 17 heavy (non-hydrogen) atoms. The van der Waals surface area contributed by atoms with Crippen LogP contribution < -0.4 is 9.64 Å². The molecule has 94 valence electrons. The zero-order valence-corrected chi connectivity index (χ0v) is 10.3. The average Bonchev–Trinajstić information content (AvgIpc) is 2.39. The summed E-state index contributed by atoms with van der Waals surface area (Å²) in [5.41, 5.74) is 0. The number of aromatic nitrogens is 1. The summed E-state index contributed by atoms with van der Waals surface area (Å²) in [4.78, 5) is 6.67. The van der Waals surface area contributed by atoms with Gasteiger partial charge in [-0.15, -0.1) is 0 Å². The molecule has 0 saturated carbocycles. The number of ether oxygens (including phenoxy) is 1. The number of methoxy groups -OCH3 is 1. The molecule has 0 radical (unpaired) electrons. The molecule has 1 aliphatic rings. The lowest BCUT2D eigenvalue weighted by atomic mass is 9.95. The molecular formula is C13H20N2O2. The van der Waals surface area contributed by atoms with Gasteiger partial charge in [0.25, 0.3) is 0 Å². The Morgan fingerprint density at radius 1 is 1.59 bits per heavy atom. The minimum absolute atomic E-state index is 0.276. The van der Waals surface area contributed by atoms with Gasteiger partial charge in [-0.2, -0.15) is 0 Å². The summed E-state index contributed by atoms with van der Waals surface area (Å²) in [5.74, 6) is 2.33. The second kappa shape index (κ2) is 5.87. The van der Waals surface area contributed by atoms with E-state index in [0.717, 1.165) is 37.5 Å². The molecule has 0 amide bonds. The molecule has 0 bridgehead atoms. The molecule has 0 spiro atoms. The van der Waals surface area contributed by atoms with Gasteiger partial charge in [0.05, 0.1) is 7.11 Å². The highest BCUT2D eigenvalue weighted by Gasteiger charge is 2.22.